The van der Waals surface area contributed by atoms with Crippen molar-refractivity contribution in [3.8, 4) is 5.75 Å². The smallest absolute Gasteiger partial charge is 0.137 e. The molecule has 0 saturated carbocycles. The Kier molecular flexibility index (Phi) is 4.69. The van der Waals surface area contributed by atoms with Crippen LogP contribution < -0.4 is 15.0 Å². The maximum atomic E-state index is 6.12. The second kappa shape index (κ2) is 6.48. The Hall–Kier alpha value is -1.94. The Morgan fingerprint density at radius 1 is 1.30 bits per heavy atom. The zero-order valence-electron chi connectivity index (χ0n) is 11.9. The molecule has 0 aliphatic rings. The molecule has 0 radical (unpaired) electrons. The maximum absolute atomic E-state index is 6.12. The predicted octanol–water partition coefficient (Wildman–Crippen LogP) is 3.42. The highest BCUT2D eigenvalue weighted by atomic mass is 35.5. The highest BCUT2D eigenvalue weighted by Crippen LogP contribution is 2.26. The number of benzene rings is 1. The van der Waals surface area contributed by atoms with Gasteiger partial charge < -0.3 is 15.0 Å². The molecule has 1 aromatic heterocycles. The molecule has 4 nitrogen and oxygen atoms in total. The molecule has 0 unspecified atom stereocenters. The summed E-state index contributed by atoms with van der Waals surface area (Å²) in [6, 6.07) is 7.74. The molecule has 0 aliphatic heterocycles. The molecule has 1 N–H and O–H groups in total. The maximum Gasteiger partial charge on any atom is 0.137 e. The summed E-state index contributed by atoms with van der Waals surface area (Å²) < 4.78 is 5.14. The number of nitrogens with zero attached hydrogens (tertiary/aromatic N) is 2. The molecular formula is C15H18ClN3O. The van der Waals surface area contributed by atoms with Crippen molar-refractivity contribution in [3.63, 3.8) is 0 Å². The molecule has 5 heteroatoms. The van der Waals surface area contributed by atoms with Gasteiger partial charge in [-0.05, 0) is 23.8 Å². The van der Waals surface area contributed by atoms with Crippen LogP contribution in [-0.4, -0.2) is 26.2 Å². The topological polar surface area (TPSA) is 37.4 Å². The summed E-state index contributed by atoms with van der Waals surface area (Å²) in [4.78, 5) is 6.20. The highest BCUT2D eigenvalue weighted by molar-refractivity contribution is 6.32. The fourth-order valence-corrected chi connectivity index (χ4v) is 2.21. The Labute approximate surface area is 124 Å². The van der Waals surface area contributed by atoms with Crippen molar-refractivity contribution in [3.05, 3.63) is 47.2 Å². The van der Waals surface area contributed by atoms with Crippen molar-refractivity contribution in [1.29, 1.82) is 0 Å². The first-order chi connectivity index (χ1) is 9.61. The third kappa shape index (κ3) is 3.33. The number of nitrogens with one attached hydrogen (secondary N) is 1. The molecule has 1 heterocycles. The van der Waals surface area contributed by atoms with Crippen molar-refractivity contribution in [2.75, 3.05) is 31.4 Å². The summed E-state index contributed by atoms with van der Waals surface area (Å²) >= 11 is 6.12. The molecule has 1 aromatic carbocycles. The fraction of sp³-hybridized carbons (Fsp3) is 0.267. The highest BCUT2D eigenvalue weighted by Gasteiger charge is 2.05. The van der Waals surface area contributed by atoms with Gasteiger partial charge in [0.25, 0.3) is 0 Å². The monoisotopic (exact) mass is 291 g/mol. The number of hydrogen-bond donors (Lipinski definition) is 1. The quantitative estimate of drug-likeness (QED) is 0.916. The van der Waals surface area contributed by atoms with Crippen LogP contribution in [0.4, 0.5) is 11.4 Å². The number of hydrogen-bond acceptors (Lipinski definition) is 4. The minimum absolute atomic E-state index is 0.616. The van der Waals surface area contributed by atoms with Gasteiger partial charge >= 0.3 is 0 Å². The third-order valence-electron chi connectivity index (χ3n) is 2.98. The second-order valence-electron chi connectivity index (χ2n) is 4.61. The normalized spacial score (nSPS) is 10.2. The molecule has 0 bridgehead atoms. The molecule has 0 aliphatic carbocycles. The molecular weight excluding hydrogens is 274 g/mol. The summed E-state index contributed by atoms with van der Waals surface area (Å²) in [7, 11) is 5.62. The zero-order chi connectivity index (χ0) is 14.5. The van der Waals surface area contributed by atoms with Gasteiger partial charge in [-0.25, -0.2) is 0 Å². The van der Waals surface area contributed by atoms with E-state index in [1.54, 1.807) is 13.3 Å². The molecule has 0 amide bonds. The van der Waals surface area contributed by atoms with Gasteiger partial charge in [0.05, 0.1) is 29.7 Å². The van der Waals surface area contributed by atoms with Crippen molar-refractivity contribution in [1.82, 2.24) is 4.98 Å². The van der Waals surface area contributed by atoms with E-state index in [9.17, 15) is 0 Å². The Bertz CT molecular complexity index is 587. The average molecular weight is 292 g/mol. The van der Waals surface area contributed by atoms with E-state index in [0.29, 0.717) is 17.3 Å². The van der Waals surface area contributed by atoms with Crippen LogP contribution in [0.25, 0.3) is 0 Å². The van der Waals surface area contributed by atoms with Gasteiger partial charge in [-0.1, -0.05) is 17.7 Å². The molecule has 0 atom stereocenters. The minimum Gasteiger partial charge on any atom is -0.495 e. The van der Waals surface area contributed by atoms with Crippen LogP contribution in [-0.2, 0) is 6.54 Å². The lowest BCUT2D eigenvalue weighted by molar-refractivity contribution is 0.415. The van der Waals surface area contributed by atoms with Gasteiger partial charge in [-0.15, -0.1) is 0 Å². The first kappa shape index (κ1) is 14.5. The number of rotatable bonds is 5. The van der Waals surface area contributed by atoms with Gasteiger partial charge in [0.1, 0.15) is 5.75 Å². The number of aromatic nitrogens is 1. The lowest BCUT2D eigenvalue weighted by Crippen LogP contribution is -2.12. The Balaban J connectivity index is 2.11. The molecule has 20 heavy (non-hydrogen) atoms. The lowest BCUT2D eigenvalue weighted by atomic mass is 10.2. The van der Waals surface area contributed by atoms with E-state index < -0.39 is 0 Å². The van der Waals surface area contributed by atoms with Crippen LogP contribution in [0.2, 0.25) is 5.02 Å². The van der Waals surface area contributed by atoms with Crippen molar-refractivity contribution in [2.45, 2.75) is 6.54 Å². The SMILES string of the molecule is COc1ccc(CNc2cnccc2N(C)C)cc1Cl. The molecule has 106 valence electrons. The van der Waals surface area contributed by atoms with Gasteiger partial charge in [0.15, 0.2) is 0 Å². The second-order valence-corrected chi connectivity index (χ2v) is 5.02. The fourth-order valence-electron chi connectivity index (χ4n) is 1.93. The number of methoxy groups -OCH3 is 1. The summed E-state index contributed by atoms with van der Waals surface area (Å²) in [6.07, 6.45) is 3.60. The first-order valence-electron chi connectivity index (χ1n) is 6.29. The number of anilines is 2. The Morgan fingerprint density at radius 3 is 2.75 bits per heavy atom. The van der Waals surface area contributed by atoms with Crippen molar-refractivity contribution >= 4 is 23.0 Å². The van der Waals surface area contributed by atoms with Crippen LogP contribution in [0, 0.1) is 0 Å². The van der Waals surface area contributed by atoms with Crippen molar-refractivity contribution < 1.29 is 4.74 Å². The van der Waals surface area contributed by atoms with E-state index in [0.717, 1.165) is 16.9 Å². The summed E-state index contributed by atoms with van der Waals surface area (Å²) in [5, 5.41) is 3.99. The van der Waals surface area contributed by atoms with Gasteiger partial charge in [-0.3, -0.25) is 4.98 Å². The molecule has 0 saturated heterocycles. The van der Waals surface area contributed by atoms with Crippen LogP contribution >= 0.6 is 11.6 Å². The van der Waals surface area contributed by atoms with E-state index in [4.69, 9.17) is 16.3 Å². The number of pyridine rings is 1. The van der Waals surface area contributed by atoms with Crippen LogP contribution in [0.1, 0.15) is 5.56 Å². The van der Waals surface area contributed by atoms with E-state index >= 15 is 0 Å². The molecule has 2 aromatic rings. The summed E-state index contributed by atoms with van der Waals surface area (Å²) in [5.41, 5.74) is 3.17. The van der Waals surface area contributed by atoms with Crippen LogP contribution in [0.5, 0.6) is 5.75 Å². The van der Waals surface area contributed by atoms with Gasteiger partial charge in [0, 0.05) is 26.8 Å². The van der Waals surface area contributed by atoms with Crippen LogP contribution in [0.15, 0.2) is 36.7 Å². The van der Waals surface area contributed by atoms with Crippen LogP contribution in [0.3, 0.4) is 0 Å². The predicted molar refractivity (Wildman–Crippen MR) is 83.9 cm³/mol. The van der Waals surface area contributed by atoms with E-state index in [1.165, 1.54) is 0 Å². The van der Waals surface area contributed by atoms with Gasteiger partial charge in [-0.2, -0.15) is 0 Å². The third-order valence-corrected chi connectivity index (χ3v) is 3.27. The minimum atomic E-state index is 0.616. The molecule has 0 fully saturated rings. The summed E-state index contributed by atoms with van der Waals surface area (Å²) in [5.74, 6) is 0.686. The standard InChI is InChI=1S/C15H18ClN3O/c1-19(2)14-6-7-17-10-13(14)18-9-11-4-5-15(20-3)12(16)8-11/h4-8,10,18H,9H2,1-3H3. The molecule has 2 rings (SSSR count). The zero-order valence-corrected chi connectivity index (χ0v) is 12.6. The van der Waals surface area contributed by atoms with Crippen molar-refractivity contribution in [2.24, 2.45) is 0 Å². The van der Waals surface area contributed by atoms with E-state index in [1.807, 2.05) is 49.5 Å². The summed E-state index contributed by atoms with van der Waals surface area (Å²) in [6.45, 7) is 0.677. The first-order valence-corrected chi connectivity index (χ1v) is 6.67. The number of ether oxygens (including phenoxy) is 1. The van der Waals surface area contributed by atoms with E-state index in [-0.39, 0.29) is 0 Å². The molecule has 0 spiro atoms. The lowest BCUT2D eigenvalue weighted by Gasteiger charge is -2.18. The van der Waals surface area contributed by atoms with E-state index in [2.05, 4.69) is 10.3 Å². The number of halogens is 1. The van der Waals surface area contributed by atoms with Gasteiger partial charge in [0.2, 0.25) is 0 Å². The largest absolute Gasteiger partial charge is 0.495 e. The average Bonchev–Trinajstić information content (AvgIpc) is 2.45. The Morgan fingerprint density at radius 2 is 2.10 bits per heavy atom.